The number of likely N-dealkylation sites (tertiary alicyclic amines) is 1. The second kappa shape index (κ2) is 6.16. The molecule has 0 N–H and O–H groups in total. The van der Waals surface area contributed by atoms with E-state index < -0.39 is 5.60 Å². The zero-order chi connectivity index (χ0) is 22.9. The van der Waals surface area contributed by atoms with Gasteiger partial charge in [0.1, 0.15) is 24.2 Å². The molecule has 3 heterocycles. The molecule has 2 saturated heterocycles. The van der Waals surface area contributed by atoms with Crippen molar-refractivity contribution in [1.29, 1.82) is 0 Å². The zero-order valence-electron chi connectivity index (χ0n) is 20.3. The summed E-state index contributed by atoms with van der Waals surface area (Å²) in [6.45, 7) is 5.98. The quantitative estimate of drug-likeness (QED) is 0.621. The van der Waals surface area contributed by atoms with E-state index >= 15 is 0 Å². The molecule has 7 atom stereocenters. The highest BCUT2D eigenvalue weighted by molar-refractivity contribution is 5.63. The molecule has 9 rings (SSSR count). The Labute approximate surface area is 201 Å². The van der Waals surface area contributed by atoms with Gasteiger partial charge in [0.05, 0.1) is 11.0 Å². The van der Waals surface area contributed by atoms with E-state index in [-0.39, 0.29) is 28.5 Å². The van der Waals surface area contributed by atoms with E-state index in [4.69, 9.17) is 14.2 Å². The van der Waals surface area contributed by atoms with Gasteiger partial charge in [-0.3, -0.25) is 0 Å². The Morgan fingerprint density at radius 3 is 2.76 bits per heavy atom. The fraction of sp³-hybridized carbons (Fsp3) is 0.533. The summed E-state index contributed by atoms with van der Waals surface area (Å²) in [6, 6.07) is 15.9. The lowest BCUT2D eigenvalue weighted by Crippen LogP contribution is -2.82. The zero-order valence-corrected chi connectivity index (χ0v) is 20.3. The normalized spacial score (nSPS) is 45.0. The van der Waals surface area contributed by atoms with Crippen LogP contribution < -0.4 is 4.74 Å². The maximum absolute atomic E-state index is 7.13. The van der Waals surface area contributed by atoms with Crippen LogP contribution in [-0.4, -0.2) is 48.6 Å². The Hall–Kier alpha value is -2.14. The van der Waals surface area contributed by atoms with Gasteiger partial charge in [-0.1, -0.05) is 54.6 Å². The summed E-state index contributed by atoms with van der Waals surface area (Å²) in [5, 5.41) is 0. The highest BCUT2D eigenvalue weighted by Crippen LogP contribution is 2.75. The molecule has 3 spiro atoms. The summed E-state index contributed by atoms with van der Waals surface area (Å²) in [4.78, 5) is 2.63. The van der Waals surface area contributed by atoms with E-state index in [1.165, 1.54) is 22.3 Å². The molecule has 2 aromatic rings. The number of benzene rings is 2. The molecule has 176 valence electrons. The third-order valence-electron chi connectivity index (χ3n) is 10.8. The van der Waals surface area contributed by atoms with Crippen molar-refractivity contribution in [1.82, 2.24) is 4.90 Å². The third-order valence-corrected chi connectivity index (χ3v) is 10.8. The molecule has 34 heavy (non-hydrogen) atoms. The number of hydrogen-bond donors (Lipinski definition) is 0. The van der Waals surface area contributed by atoms with E-state index in [0.29, 0.717) is 12.8 Å². The van der Waals surface area contributed by atoms with Gasteiger partial charge in [-0.05, 0) is 63.4 Å². The van der Waals surface area contributed by atoms with Crippen LogP contribution in [0.3, 0.4) is 0 Å². The molecule has 1 saturated carbocycles. The van der Waals surface area contributed by atoms with Gasteiger partial charge in [-0.25, -0.2) is 0 Å². The average Bonchev–Trinajstić information content (AvgIpc) is 3.21. The van der Waals surface area contributed by atoms with E-state index in [2.05, 4.69) is 80.4 Å². The van der Waals surface area contributed by atoms with Crippen molar-refractivity contribution in [3.05, 3.63) is 76.9 Å². The first kappa shape index (κ1) is 20.1. The van der Waals surface area contributed by atoms with E-state index in [1.54, 1.807) is 0 Å². The van der Waals surface area contributed by atoms with Crippen molar-refractivity contribution in [2.45, 2.75) is 68.3 Å². The highest BCUT2D eigenvalue weighted by atomic mass is 16.7. The molecular formula is C30H33NO3. The standard InChI is InChI=1S/C30H33NO3/c1-19-9-10-21-15-23-28-11-12-30(26-29(28,13-14-31(23)3)24(21)25(19)34-26)22(17-28)27(2,32-18-33-30)16-20-7-5-4-6-8-20/h4-12,22-23,26H,13-18H2,1-3H3/t22-,23-,26-,27-,28-,29+,30-/m1/s1. The summed E-state index contributed by atoms with van der Waals surface area (Å²) in [7, 11) is 2.33. The first-order valence-corrected chi connectivity index (χ1v) is 13.0. The monoisotopic (exact) mass is 455 g/mol. The molecule has 4 bridgehead atoms. The molecule has 3 fully saturated rings. The van der Waals surface area contributed by atoms with Gasteiger partial charge in [0.25, 0.3) is 0 Å². The molecule has 7 aliphatic rings. The van der Waals surface area contributed by atoms with Crippen molar-refractivity contribution in [2.24, 2.45) is 11.3 Å². The van der Waals surface area contributed by atoms with Crippen LogP contribution in [0.25, 0.3) is 0 Å². The lowest BCUT2D eigenvalue weighted by atomic mass is 9.36. The molecule has 0 unspecified atom stereocenters. The molecule has 4 aliphatic carbocycles. The Bertz CT molecular complexity index is 1240. The molecule has 4 nitrogen and oxygen atoms in total. The van der Waals surface area contributed by atoms with Crippen LogP contribution in [0.4, 0.5) is 0 Å². The largest absolute Gasteiger partial charge is 0.485 e. The van der Waals surface area contributed by atoms with Crippen molar-refractivity contribution < 1.29 is 14.2 Å². The van der Waals surface area contributed by atoms with E-state index in [9.17, 15) is 0 Å². The minimum atomic E-state index is -0.454. The summed E-state index contributed by atoms with van der Waals surface area (Å²) < 4.78 is 20.4. The van der Waals surface area contributed by atoms with Crippen LogP contribution in [0.1, 0.15) is 42.0 Å². The first-order chi connectivity index (χ1) is 16.4. The van der Waals surface area contributed by atoms with Crippen LogP contribution in [-0.2, 0) is 27.7 Å². The maximum Gasteiger partial charge on any atom is 0.148 e. The van der Waals surface area contributed by atoms with Crippen molar-refractivity contribution in [2.75, 3.05) is 20.4 Å². The Kier molecular flexibility index (Phi) is 3.64. The number of hydrogen-bond acceptors (Lipinski definition) is 4. The molecule has 0 aromatic heterocycles. The lowest BCUT2D eigenvalue weighted by Gasteiger charge is -2.73. The molecular weight excluding hydrogens is 422 g/mol. The third kappa shape index (κ3) is 2.02. The Balaban J connectivity index is 1.36. The van der Waals surface area contributed by atoms with Gasteiger partial charge in [-0.15, -0.1) is 0 Å². The highest BCUT2D eigenvalue weighted by Gasteiger charge is 2.81. The smallest absolute Gasteiger partial charge is 0.148 e. The number of aryl methyl sites for hydroxylation is 1. The summed E-state index contributed by atoms with van der Waals surface area (Å²) in [5.41, 5.74) is 4.89. The van der Waals surface area contributed by atoms with Gasteiger partial charge < -0.3 is 19.1 Å². The number of rotatable bonds is 2. The minimum Gasteiger partial charge on any atom is -0.485 e. The van der Waals surface area contributed by atoms with Crippen LogP contribution in [0.5, 0.6) is 5.75 Å². The summed E-state index contributed by atoms with van der Waals surface area (Å²) in [6.07, 6.45) is 9.23. The van der Waals surface area contributed by atoms with Gasteiger partial charge >= 0.3 is 0 Å². The maximum atomic E-state index is 7.13. The SMILES string of the molecule is Cc1ccc2c3c1O[C@H]1[C@@]45C=C[C@@]6(C[C@@H]4[C@@](C)(Cc4ccccc4)OCO5)[C@@H](C2)N(C)CC[C@]316. The van der Waals surface area contributed by atoms with Crippen LogP contribution >= 0.6 is 0 Å². The molecule has 0 amide bonds. The summed E-state index contributed by atoms with van der Waals surface area (Å²) >= 11 is 0. The Morgan fingerprint density at radius 2 is 1.91 bits per heavy atom. The van der Waals surface area contributed by atoms with Crippen molar-refractivity contribution in [3.63, 3.8) is 0 Å². The fourth-order valence-corrected chi connectivity index (χ4v) is 9.34. The number of likely N-dealkylation sites (N-methyl/N-ethyl adjacent to an activating group) is 1. The summed E-state index contributed by atoms with van der Waals surface area (Å²) in [5.74, 6) is 1.39. The Morgan fingerprint density at radius 1 is 1.06 bits per heavy atom. The van der Waals surface area contributed by atoms with E-state index in [0.717, 1.165) is 38.0 Å². The topological polar surface area (TPSA) is 30.9 Å². The van der Waals surface area contributed by atoms with Crippen LogP contribution in [0.2, 0.25) is 0 Å². The van der Waals surface area contributed by atoms with E-state index in [1.807, 2.05) is 0 Å². The predicted octanol–water partition coefficient (Wildman–Crippen LogP) is 4.57. The van der Waals surface area contributed by atoms with Gasteiger partial charge in [-0.2, -0.15) is 0 Å². The molecule has 2 aromatic carbocycles. The molecule has 3 aliphatic heterocycles. The molecule has 4 heteroatoms. The predicted molar refractivity (Wildman–Crippen MR) is 130 cm³/mol. The van der Waals surface area contributed by atoms with Crippen LogP contribution in [0, 0.1) is 18.3 Å². The number of nitrogens with zero attached hydrogens (tertiary/aromatic N) is 1. The second-order valence-electron chi connectivity index (χ2n) is 12.0. The fourth-order valence-electron chi connectivity index (χ4n) is 9.34. The lowest BCUT2D eigenvalue weighted by molar-refractivity contribution is -0.337. The average molecular weight is 456 g/mol. The number of piperidine rings is 1. The van der Waals surface area contributed by atoms with Gasteiger partial charge in [0.2, 0.25) is 0 Å². The van der Waals surface area contributed by atoms with Crippen molar-refractivity contribution in [3.8, 4) is 5.75 Å². The van der Waals surface area contributed by atoms with Crippen molar-refractivity contribution >= 4 is 0 Å². The van der Waals surface area contributed by atoms with Crippen LogP contribution in [0.15, 0.2) is 54.6 Å². The van der Waals surface area contributed by atoms with Gasteiger partial charge in [0.15, 0.2) is 0 Å². The molecule has 0 radical (unpaired) electrons. The second-order valence-corrected chi connectivity index (χ2v) is 12.0. The first-order valence-electron chi connectivity index (χ1n) is 13.0. The number of ether oxygens (including phenoxy) is 3. The minimum absolute atomic E-state index is 0.00460. The van der Waals surface area contributed by atoms with Gasteiger partial charge in [0, 0.05) is 29.4 Å².